The molecule has 1 aromatic rings. The monoisotopic (exact) mass is 201 g/mol. The third-order valence-electron chi connectivity index (χ3n) is 1.44. The zero-order chi connectivity index (χ0) is 9.52. The Morgan fingerprint density at radius 3 is 2.46 bits per heavy atom. The van der Waals surface area contributed by atoms with Crippen molar-refractivity contribution in [3.8, 4) is 0 Å². The number of rotatable bonds is 1. The Hall–Kier alpha value is -0.910. The van der Waals surface area contributed by atoms with E-state index < -0.39 is 12.0 Å². The lowest BCUT2D eigenvalue weighted by Gasteiger charge is -1.96. The first-order chi connectivity index (χ1) is 6.30. The van der Waals surface area contributed by atoms with Crippen molar-refractivity contribution in [1.82, 2.24) is 5.32 Å². The first-order valence-electron chi connectivity index (χ1n) is 3.82. The zero-order valence-corrected chi connectivity index (χ0v) is 7.79. The molecule has 2 rings (SSSR count). The number of ether oxygens (including phenoxy) is 1. The Kier molecular flexibility index (Phi) is 4.45. The summed E-state index contributed by atoms with van der Waals surface area (Å²) < 4.78 is 4.73. The van der Waals surface area contributed by atoms with Crippen LogP contribution in [-0.4, -0.2) is 30.5 Å². The lowest BCUT2D eigenvalue weighted by Crippen LogP contribution is -2.32. The van der Waals surface area contributed by atoms with Gasteiger partial charge in [-0.15, -0.1) is 0 Å². The summed E-state index contributed by atoms with van der Waals surface area (Å²) in [6, 6.07) is 3.55. The fourth-order valence-electron chi connectivity index (χ4n) is 0.781. The van der Waals surface area contributed by atoms with Gasteiger partial charge in [0.15, 0.2) is 0 Å². The Morgan fingerprint density at radius 1 is 1.54 bits per heavy atom. The first kappa shape index (κ1) is 10.2. The van der Waals surface area contributed by atoms with Crippen LogP contribution in [0.1, 0.15) is 0 Å². The largest absolute Gasteiger partial charge is 0.480 e. The SMILES string of the molecule is O=C(O)C1COCN1.c1ccsc1. The maximum absolute atomic E-state index is 10.1. The highest BCUT2D eigenvalue weighted by Gasteiger charge is 2.20. The van der Waals surface area contributed by atoms with Crippen LogP contribution in [0.3, 0.4) is 0 Å². The van der Waals surface area contributed by atoms with Crippen molar-refractivity contribution >= 4 is 17.3 Å². The maximum Gasteiger partial charge on any atom is 0.323 e. The Balaban J connectivity index is 0.000000145. The average Bonchev–Trinajstić information content (AvgIpc) is 2.82. The molecule has 0 aliphatic carbocycles. The summed E-state index contributed by atoms with van der Waals surface area (Å²) >= 11 is 1.71. The zero-order valence-electron chi connectivity index (χ0n) is 6.97. The number of nitrogens with one attached hydrogen (secondary N) is 1. The number of carboxylic acids is 1. The summed E-state index contributed by atoms with van der Waals surface area (Å²) in [5.41, 5.74) is 0. The van der Waals surface area contributed by atoms with Crippen molar-refractivity contribution in [3.05, 3.63) is 22.9 Å². The van der Waals surface area contributed by atoms with Crippen molar-refractivity contribution in [2.24, 2.45) is 0 Å². The van der Waals surface area contributed by atoms with Gasteiger partial charge >= 0.3 is 5.97 Å². The minimum absolute atomic E-state index is 0.287. The van der Waals surface area contributed by atoms with Crippen LogP contribution in [-0.2, 0) is 9.53 Å². The summed E-state index contributed by atoms with van der Waals surface area (Å²) in [6.07, 6.45) is 0. The van der Waals surface area contributed by atoms with Crippen LogP contribution in [0.4, 0.5) is 0 Å². The topological polar surface area (TPSA) is 58.6 Å². The molecule has 4 nitrogen and oxygen atoms in total. The fourth-order valence-corrected chi connectivity index (χ4v) is 1.23. The highest BCUT2D eigenvalue weighted by atomic mass is 32.1. The molecule has 13 heavy (non-hydrogen) atoms. The highest BCUT2D eigenvalue weighted by Crippen LogP contribution is 1.92. The summed E-state index contributed by atoms with van der Waals surface area (Å²) in [5, 5.41) is 15.0. The van der Waals surface area contributed by atoms with Crippen molar-refractivity contribution in [2.45, 2.75) is 6.04 Å². The van der Waals surface area contributed by atoms with E-state index in [0.717, 1.165) is 0 Å². The molecule has 2 N–H and O–H groups in total. The maximum atomic E-state index is 10.1. The summed E-state index contributed by atoms with van der Waals surface area (Å²) in [6.45, 7) is 0.645. The van der Waals surface area contributed by atoms with Crippen LogP contribution < -0.4 is 5.32 Å². The molecular formula is C8H11NO3S. The molecule has 0 bridgehead atoms. The van der Waals surface area contributed by atoms with E-state index in [1.807, 2.05) is 22.9 Å². The van der Waals surface area contributed by atoms with E-state index >= 15 is 0 Å². The van der Waals surface area contributed by atoms with E-state index in [0.29, 0.717) is 6.73 Å². The number of carboxylic acid groups (broad SMARTS) is 1. The second-order valence-corrected chi connectivity index (χ2v) is 3.22. The van der Waals surface area contributed by atoms with E-state index in [9.17, 15) is 4.79 Å². The van der Waals surface area contributed by atoms with Crippen LogP contribution >= 0.6 is 11.3 Å². The molecule has 0 radical (unpaired) electrons. The molecule has 1 fully saturated rings. The molecule has 0 saturated carbocycles. The molecule has 1 aromatic heterocycles. The quantitative estimate of drug-likeness (QED) is 0.704. The lowest BCUT2D eigenvalue weighted by molar-refractivity contribution is -0.139. The molecule has 1 unspecified atom stereocenters. The van der Waals surface area contributed by atoms with Crippen LogP contribution in [0.2, 0.25) is 0 Å². The second-order valence-electron chi connectivity index (χ2n) is 2.40. The van der Waals surface area contributed by atoms with E-state index in [4.69, 9.17) is 9.84 Å². The number of hydrogen-bond acceptors (Lipinski definition) is 4. The predicted octanol–water partition coefficient (Wildman–Crippen LogP) is 0.765. The molecule has 1 aliphatic rings. The van der Waals surface area contributed by atoms with E-state index in [1.54, 1.807) is 11.3 Å². The molecule has 5 heteroatoms. The van der Waals surface area contributed by atoms with Crippen molar-refractivity contribution in [3.63, 3.8) is 0 Å². The number of carbonyl (C=O) groups is 1. The van der Waals surface area contributed by atoms with Gasteiger partial charge in [0, 0.05) is 0 Å². The average molecular weight is 201 g/mol. The number of thiophene rings is 1. The second kappa shape index (κ2) is 5.69. The van der Waals surface area contributed by atoms with E-state index in [2.05, 4.69) is 5.32 Å². The first-order valence-corrected chi connectivity index (χ1v) is 4.76. The third kappa shape index (κ3) is 4.02. The van der Waals surface area contributed by atoms with Gasteiger partial charge in [0.25, 0.3) is 0 Å². The molecule has 1 saturated heterocycles. The minimum Gasteiger partial charge on any atom is -0.480 e. The molecule has 2 heterocycles. The van der Waals surface area contributed by atoms with E-state index in [-0.39, 0.29) is 6.61 Å². The molecule has 72 valence electrons. The van der Waals surface area contributed by atoms with Crippen molar-refractivity contribution in [1.29, 1.82) is 0 Å². The Labute approximate surface area is 80.2 Å². The van der Waals surface area contributed by atoms with Crippen molar-refractivity contribution < 1.29 is 14.6 Å². The van der Waals surface area contributed by atoms with Crippen LogP contribution in [0.15, 0.2) is 22.9 Å². The molecule has 0 aromatic carbocycles. The lowest BCUT2D eigenvalue weighted by atomic mass is 10.3. The number of aliphatic carboxylic acids is 1. The minimum atomic E-state index is -0.845. The van der Waals surface area contributed by atoms with Gasteiger partial charge in [-0.25, -0.2) is 0 Å². The van der Waals surface area contributed by atoms with E-state index in [1.165, 1.54) is 0 Å². The smallest absolute Gasteiger partial charge is 0.323 e. The van der Waals surface area contributed by atoms with Gasteiger partial charge in [0.2, 0.25) is 0 Å². The molecule has 1 aliphatic heterocycles. The van der Waals surface area contributed by atoms with Crippen LogP contribution in [0, 0.1) is 0 Å². The summed E-state index contributed by atoms with van der Waals surface area (Å²) in [4.78, 5) is 10.1. The third-order valence-corrected chi connectivity index (χ3v) is 2.07. The predicted molar refractivity (Wildman–Crippen MR) is 49.7 cm³/mol. The fraction of sp³-hybridized carbons (Fsp3) is 0.375. The van der Waals surface area contributed by atoms with Gasteiger partial charge in [-0.05, 0) is 10.8 Å². The van der Waals surface area contributed by atoms with Gasteiger partial charge in [-0.2, -0.15) is 11.3 Å². The highest BCUT2D eigenvalue weighted by molar-refractivity contribution is 7.07. The van der Waals surface area contributed by atoms with Gasteiger partial charge in [-0.3, -0.25) is 10.1 Å². The standard InChI is InChI=1S/C4H7NO3.C4H4S/c6-4(7)3-1-8-2-5-3;1-2-4-5-3-1/h3,5H,1-2H2,(H,6,7);1-4H. The molecular weight excluding hydrogens is 190 g/mol. The molecule has 0 amide bonds. The summed E-state index contributed by atoms with van der Waals surface area (Å²) in [7, 11) is 0. The normalized spacial score (nSPS) is 20.5. The van der Waals surface area contributed by atoms with Gasteiger partial charge in [-0.1, -0.05) is 12.1 Å². The van der Waals surface area contributed by atoms with Crippen LogP contribution in [0.25, 0.3) is 0 Å². The molecule has 0 spiro atoms. The van der Waals surface area contributed by atoms with Crippen LogP contribution in [0.5, 0.6) is 0 Å². The van der Waals surface area contributed by atoms with Crippen molar-refractivity contribution in [2.75, 3.05) is 13.3 Å². The van der Waals surface area contributed by atoms with Gasteiger partial charge in [0.1, 0.15) is 6.04 Å². The molecule has 1 atom stereocenters. The summed E-state index contributed by atoms with van der Waals surface area (Å²) in [5.74, 6) is -0.845. The Morgan fingerprint density at radius 2 is 2.23 bits per heavy atom. The number of hydrogen-bond donors (Lipinski definition) is 2. The Bertz CT molecular complexity index is 214. The van der Waals surface area contributed by atoms with Gasteiger partial charge in [0.05, 0.1) is 13.3 Å². The van der Waals surface area contributed by atoms with Gasteiger partial charge < -0.3 is 9.84 Å².